The van der Waals surface area contributed by atoms with E-state index in [4.69, 9.17) is 0 Å². The molecule has 11 heavy (non-hydrogen) atoms. The summed E-state index contributed by atoms with van der Waals surface area (Å²) in [5.74, 6) is 3.15. The summed E-state index contributed by atoms with van der Waals surface area (Å²) in [6, 6.07) is 0. The average molecular weight is 149 g/mol. The molecule has 1 aliphatic heterocycles. The number of fused-ring (bicyclic) bond motifs is 5. The minimum Gasteiger partial charge on any atom is -0.402 e. The molecule has 2 saturated carbocycles. The molecule has 0 spiro atoms. The fourth-order valence-corrected chi connectivity index (χ4v) is 3.45. The molecule has 0 aromatic heterocycles. The van der Waals surface area contributed by atoms with Gasteiger partial charge in [-0.15, -0.1) is 0 Å². The van der Waals surface area contributed by atoms with E-state index in [2.05, 4.69) is 5.23 Å². The minimum absolute atomic E-state index is 0.349. The second-order valence-corrected chi connectivity index (χ2v) is 4.27. The predicted octanol–water partition coefficient (Wildman–Crippen LogP) is 0.302. The van der Waals surface area contributed by atoms with Crippen molar-refractivity contribution in [2.45, 2.75) is 25.1 Å². The van der Waals surface area contributed by atoms with Crippen molar-refractivity contribution in [2.75, 3.05) is 0 Å². The maximum absolute atomic E-state index is 11.3. The van der Waals surface area contributed by atoms with Gasteiger partial charge < -0.3 is 5.23 Å². The monoisotopic (exact) mass is 149 g/mol. The van der Waals surface area contributed by atoms with Crippen molar-refractivity contribution in [1.82, 2.24) is 5.23 Å². The molecule has 0 radical (unpaired) electrons. The molecule has 1 amide bonds. The lowest BCUT2D eigenvalue weighted by atomic mass is 9.66. The van der Waals surface area contributed by atoms with Gasteiger partial charge in [0, 0.05) is 5.92 Å². The first-order valence-electron chi connectivity index (χ1n) is 4.64. The molecule has 3 aliphatic rings. The zero-order chi connectivity index (χ0) is 7.42. The summed E-state index contributed by atoms with van der Waals surface area (Å²) in [6.07, 6.45) is 4.06. The van der Waals surface area contributed by atoms with Gasteiger partial charge in [0.05, 0.1) is 0 Å². The Kier molecular flexibility index (Phi) is 1.01. The Labute approximate surface area is 67.0 Å². The number of rotatable bonds is 0. The summed E-state index contributed by atoms with van der Waals surface area (Å²) in [4.78, 5) is 11.3. The van der Waals surface area contributed by atoms with E-state index in [0.29, 0.717) is 11.8 Å². The molecule has 4 atom stereocenters. The van der Waals surface area contributed by atoms with E-state index in [-0.39, 0.29) is 0 Å². The largest absolute Gasteiger partial charge is 0.402 e. The van der Waals surface area contributed by atoms with E-state index in [1.54, 1.807) is 0 Å². The van der Waals surface area contributed by atoms with Crippen LogP contribution in [-0.4, -0.2) is 13.3 Å². The molecule has 2 nitrogen and oxygen atoms in total. The Hall–Kier alpha value is -0.465. The van der Waals surface area contributed by atoms with Crippen LogP contribution in [0.3, 0.4) is 0 Å². The van der Waals surface area contributed by atoms with Gasteiger partial charge in [-0.25, -0.2) is 0 Å². The molecule has 2 aliphatic carbocycles. The molecule has 3 fully saturated rings. The van der Waals surface area contributed by atoms with E-state index in [0.717, 1.165) is 25.1 Å². The molecule has 58 valence electrons. The predicted molar refractivity (Wildman–Crippen MR) is 43.4 cm³/mol. The van der Waals surface area contributed by atoms with Crippen LogP contribution < -0.4 is 5.23 Å². The smallest absolute Gasteiger partial charge is 0.240 e. The summed E-state index contributed by atoms with van der Waals surface area (Å²) >= 11 is 0. The standard InChI is InChI=1S/C8H12BNO/c11-8-6-4-1-2-5(3-4)7(6)9-10-8/h4-7,9H,1-3H2,(H,10,11). The first-order chi connectivity index (χ1) is 5.36. The van der Waals surface area contributed by atoms with Crippen molar-refractivity contribution < 1.29 is 4.79 Å². The Morgan fingerprint density at radius 2 is 2.18 bits per heavy atom. The first kappa shape index (κ1) is 6.10. The van der Waals surface area contributed by atoms with Gasteiger partial charge in [0.25, 0.3) is 0 Å². The second-order valence-electron chi connectivity index (χ2n) is 4.27. The van der Waals surface area contributed by atoms with Crippen molar-refractivity contribution >= 4 is 13.3 Å². The topological polar surface area (TPSA) is 29.1 Å². The van der Waals surface area contributed by atoms with E-state index in [1.165, 1.54) is 19.3 Å². The summed E-state index contributed by atoms with van der Waals surface area (Å²) in [5.41, 5.74) is 0. The van der Waals surface area contributed by atoms with Crippen LogP contribution in [0, 0.1) is 17.8 Å². The molecule has 2 bridgehead atoms. The van der Waals surface area contributed by atoms with Gasteiger partial charge in [-0.05, 0) is 30.5 Å². The second kappa shape index (κ2) is 1.82. The van der Waals surface area contributed by atoms with Crippen molar-refractivity contribution in [3.63, 3.8) is 0 Å². The Morgan fingerprint density at radius 3 is 3.00 bits per heavy atom. The zero-order valence-corrected chi connectivity index (χ0v) is 6.55. The molecule has 3 rings (SSSR count). The van der Waals surface area contributed by atoms with E-state index >= 15 is 0 Å². The van der Waals surface area contributed by atoms with Crippen LogP contribution in [0.25, 0.3) is 0 Å². The normalized spacial score (nSPS) is 52.2. The molecular weight excluding hydrogens is 137 g/mol. The van der Waals surface area contributed by atoms with Crippen LogP contribution in [0.15, 0.2) is 0 Å². The summed E-state index contributed by atoms with van der Waals surface area (Å²) in [5, 5.41) is 2.98. The van der Waals surface area contributed by atoms with Gasteiger partial charge >= 0.3 is 0 Å². The van der Waals surface area contributed by atoms with Gasteiger partial charge in [0.15, 0.2) is 0 Å². The van der Waals surface area contributed by atoms with Crippen LogP contribution in [0.4, 0.5) is 0 Å². The van der Waals surface area contributed by atoms with Crippen LogP contribution in [0.5, 0.6) is 0 Å². The minimum atomic E-state index is 0.349. The molecule has 4 unspecified atom stereocenters. The highest BCUT2D eigenvalue weighted by atomic mass is 16.1. The van der Waals surface area contributed by atoms with E-state index in [1.807, 2.05) is 0 Å². The molecular formula is C8H12BNO. The third kappa shape index (κ3) is 0.621. The van der Waals surface area contributed by atoms with Gasteiger partial charge in [-0.1, -0.05) is 6.42 Å². The van der Waals surface area contributed by atoms with E-state index in [9.17, 15) is 4.79 Å². The molecule has 1 saturated heterocycles. The summed E-state index contributed by atoms with van der Waals surface area (Å²) in [6.45, 7) is 0. The van der Waals surface area contributed by atoms with Crippen molar-refractivity contribution in [3.05, 3.63) is 0 Å². The third-order valence-electron chi connectivity index (χ3n) is 3.90. The molecule has 0 aromatic rings. The van der Waals surface area contributed by atoms with Crippen molar-refractivity contribution in [2.24, 2.45) is 17.8 Å². The van der Waals surface area contributed by atoms with E-state index < -0.39 is 0 Å². The van der Waals surface area contributed by atoms with Gasteiger partial charge in [-0.2, -0.15) is 0 Å². The lowest BCUT2D eigenvalue weighted by Gasteiger charge is -2.20. The number of hydrogen-bond donors (Lipinski definition) is 1. The highest BCUT2D eigenvalue weighted by Crippen LogP contribution is 2.56. The van der Waals surface area contributed by atoms with Gasteiger partial charge in [-0.3, -0.25) is 4.79 Å². The number of carbonyl (C=O) groups excluding carboxylic acids is 1. The van der Waals surface area contributed by atoms with Crippen LogP contribution in [0.2, 0.25) is 5.82 Å². The van der Waals surface area contributed by atoms with Crippen LogP contribution in [-0.2, 0) is 4.79 Å². The SMILES string of the molecule is O=C1NBC2C3CCC(C3)C12. The van der Waals surface area contributed by atoms with Gasteiger partial charge in [0.1, 0.15) is 0 Å². The fraction of sp³-hybridized carbons (Fsp3) is 0.875. The first-order valence-corrected chi connectivity index (χ1v) is 4.64. The van der Waals surface area contributed by atoms with Crippen LogP contribution in [0.1, 0.15) is 19.3 Å². The Bertz CT molecular complexity index is 218. The summed E-state index contributed by atoms with van der Waals surface area (Å²) < 4.78 is 0. The van der Waals surface area contributed by atoms with Crippen molar-refractivity contribution in [3.8, 4) is 0 Å². The number of carbonyl (C=O) groups is 1. The average Bonchev–Trinajstić information content (AvgIpc) is 2.60. The number of nitrogens with one attached hydrogen (secondary N) is 1. The third-order valence-corrected chi connectivity index (χ3v) is 3.90. The van der Waals surface area contributed by atoms with Crippen LogP contribution >= 0.6 is 0 Å². The quantitative estimate of drug-likeness (QED) is 0.493. The number of amides is 1. The fourth-order valence-electron chi connectivity index (χ4n) is 3.45. The van der Waals surface area contributed by atoms with Gasteiger partial charge in [0.2, 0.25) is 13.3 Å². The number of hydrogen-bond acceptors (Lipinski definition) is 1. The lowest BCUT2D eigenvalue weighted by Crippen LogP contribution is -2.23. The van der Waals surface area contributed by atoms with Crippen molar-refractivity contribution in [1.29, 1.82) is 0 Å². The maximum atomic E-state index is 11.3. The maximum Gasteiger partial charge on any atom is 0.240 e. The Morgan fingerprint density at radius 1 is 1.36 bits per heavy atom. The molecule has 3 heteroatoms. The lowest BCUT2D eigenvalue weighted by molar-refractivity contribution is -0.123. The molecule has 1 N–H and O–H groups in total. The molecule has 1 heterocycles. The highest BCUT2D eigenvalue weighted by molar-refractivity contribution is 6.43. The highest BCUT2D eigenvalue weighted by Gasteiger charge is 2.53. The summed E-state index contributed by atoms with van der Waals surface area (Å²) in [7, 11) is 0.977. The Balaban J connectivity index is 1.97. The zero-order valence-electron chi connectivity index (χ0n) is 6.55. The molecule has 0 aromatic carbocycles.